The second-order valence-electron chi connectivity index (χ2n) is 6.30. The summed E-state index contributed by atoms with van der Waals surface area (Å²) >= 11 is 0. The van der Waals surface area contributed by atoms with Crippen LogP contribution in [-0.2, 0) is 15.3 Å². The Morgan fingerprint density at radius 3 is 1.96 bits per heavy atom. The van der Waals surface area contributed by atoms with Crippen LogP contribution in [0, 0.1) is 0 Å². The minimum atomic E-state index is -3.49. The fourth-order valence-corrected chi connectivity index (χ4v) is 3.83. The molecule has 0 fully saturated rings. The lowest BCUT2D eigenvalue weighted by atomic mass is 10.1. The lowest BCUT2D eigenvalue weighted by Gasteiger charge is -2.12. The topological polar surface area (TPSA) is 46.5 Å². The number of benzene rings is 1. The molecule has 1 unspecified atom stereocenters. The molecule has 132 valence electrons. The Morgan fingerprint density at radius 2 is 1.39 bits per heavy atom. The van der Waals surface area contributed by atoms with Crippen molar-refractivity contribution in [3.8, 4) is 0 Å². The Bertz CT molecular complexity index is 434. The Kier molecular flexibility index (Phi) is 11.3. The maximum atomic E-state index is 12.0. The van der Waals surface area contributed by atoms with Gasteiger partial charge in [-0.25, -0.2) is 0 Å². The Balaban J connectivity index is 1.96. The van der Waals surface area contributed by atoms with Gasteiger partial charge in [-0.05, 0) is 12.0 Å². The first-order valence-corrected chi connectivity index (χ1v) is 10.9. The molecule has 0 spiro atoms. The maximum absolute atomic E-state index is 12.0. The van der Waals surface area contributed by atoms with Crippen LogP contribution in [0.2, 0.25) is 0 Å². The summed E-state index contributed by atoms with van der Waals surface area (Å²) in [4.78, 5) is 9.84. The van der Waals surface area contributed by atoms with Crippen LogP contribution in [0.1, 0.15) is 76.7 Å². The summed E-state index contributed by atoms with van der Waals surface area (Å²) in [6.07, 6.45) is 12.6. The van der Waals surface area contributed by atoms with Gasteiger partial charge in [-0.15, -0.1) is 0 Å². The molecule has 1 rings (SSSR count). The average Bonchev–Trinajstić information content (AvgIpc) is 2.53. The summed E-state index contributed by atoms with van der Waals surface area (Å²) < 4.78 is 17.2. The van der Waals surface area contributed by atoms with E-state index < -0.39 is 7.60 Å². The molecule has 0 radical (unpaired) electrons. The predicted octanol–water partition coefficient (Wildman–Crippen LogP) is 6.31. The number of unbranched alkanes of at least 4 members (excludes halogenated alkanes) is 9. The summed E-state index contributed by atoms with van der Waals surface area (Å²) in [7, 11) is -3.49. The molecule has 0 aromatic heterocycles. The summed E-state index contributed by atoms with van der Waals surface area (Å²) in [6.45, 7) is 2.63. The van der Waals surface area contributed by atoms with Gasteiger partial charge >= 0.3 is 7.60 Å². The van der Waals surface area contributed by atoms with Gasteiger partial charge in [0.25, 0.3) is 0 Å². The molecule has 1 aromatic rings. The predicted molar refractivity (Wildman–Crippen MR) is 97.8 cm³/mol. The highest BCUT2D eigenvalue weighted by molar-refractivity contribution is 7.51. The van der Waals surface area contributed by atoms with Crippen molar-refractivity contribution in [3.05, 3.63) is 35.9 Å². The van der Waals surface area contributed by atoms with Crippen LogP contribution in [0.15, 0.2) is 30.3 Å². The fraction of sp³-hybridized carbons (Fsp3) is 0.684. The molecule has 1 N–H and O–H groups in total. The van der Waals surface area contributed by atoms with Gasteiger partial charge in [-0.2, -0.15) is 0 Å². The van der Waals surface area contributed by atoms with E-state index in [-0.39, 0.29) is 6.16 Å². The maximum Gasteiger partial charge on any atom is 0.332 e. The summed E-state index contributed by atoms with van der Waals surface area (Å²) in [5.41, 5.74) is 0.849. The monoisotopic (exact) mass is 340 g/mol. The van der Waals surface area contributed by atoms with E-state index in [0.717, 1.165) is 18.4 Å². The molecule has 3 nitrogen and oxygen atoms in total. The van der Waals surface area contributed by atoms with E-state index in [1.165, 1.54) is 51.4 Å². The lowest BCUT2D eigenvalue weighted by Crippen LogP contribution is -1.96. The van der Waals surface area contributed by atoms with Gasteiger partial charge in [0.15, 0.2) is 0 Å². The number of hydrogen-bond acceptors (Lipinski definition) is 2. The van der Waals surface area contributed by atoms with Crippen LogP contribution < -0.4 is 0 Å². The van der Waals surface area contributed by atoms with Gasteiger partial charge in [0.1, 0.15) is 0 Å². The van der Waals surface area contributed by atoms with E-state index in [1.807, 2.05) is 30.3 Å². The molecule has 0 saturated carbocycles. The molecular weight excluding hydrogens is 307 g/mol. The van der Waals surface area contributed by atoms with E-state index in [9.17, 15) is 9.46 Å². The SMILES string of the molecule is CCCCCCCCCCCCOP(=O)(O)Cc1ccccc1. The summed E-state index contributed by atoms with van der Waals surface area (Å²) in [5, 5.41) is 0. The normalized spacial score (nSPS) is 13.8. The van der Waals surface area contributed by atoms with Crippen molar-refractivity contribution in [1.29, 1.82) is 0 Å². The zero-order valence-electron chi connectivity index (χ0n) is 14.6. The molecule has 0 aliphatic rings. The van der Waals surface area contributed by atoms with Gasteiger partial charge in [-0.3, -0.25) is 4.57 Å². The minimum Gasteiger partial charge on any atom is -0.324 e. The standard InChI is InChI=1S/C19H33O3P/c1-2-3-4-5-6-7-8-9-10-14-17-22-23(20,21)18-19-15-12-11-13-16-19/h11-13,15-16H,2-10,14,17-18H2,1H3,(H,20,21). The molecule has 0 heterocycles. The van der Waals surface area contributed by atoms with E-state index >= 15 is 0 Å². The van der Waals surface area contributed by atoms with E-state index in [0.29, 0.717) is 6.61 Å². The van der Waals surface area contributed by atoms with Crippen molar-refractivity contribution in [3.63, 3.8) is 0 Å². The van der Waals surface area contributed by atoms with Crippen LogP contribution in [0.5, 0.6) is 0 Å². The van der Waals surface area contributed by atoms with Crippen LogP contribution in [-0.4, -0.2) is 11.5 Å². The highest BCUT2D eigenvalue weighted by Crippen LogP contribution is 2.45. The first-order chi connectivity index (χ1) is 11.1. The van der Waals surface area contributed by atoms with Crippen molar-refractivity contribution in [1.82, 2.24) is 0 Å². The number of rotatable bonds is 14. The Hall–Kier alpha value is -0.630. The highest BCUT2D eigenvalue weighted by Gasteiger charge is 2.19. The van der Waals surface area contributed by atoms with Crippen LogP contribution in [0.3, 0.4) is 0 Å². The zero-order chi connectivity index (χ0) is 16.8. The highest BCUT2D eigenvalue weighted by atomic mass is 31.2. The molecular formula is C19H33O3P. The fourth-order valence-electron chi connectivity index (χ4n) is 2.66. The number of hydrogen-bond donors (Lipinski definition) is 1. The lowest BCUT2D eigenvalue weighted by molar-refractivity contribution is 0.251. The van der Waals surface area contributed by atoms with Gasteiger partial charge < -0.3 is 9.42 Å². The second-order valence-corrected chi connectivity index (χ2v) is 8.15. The van der Waals surface area contributed by atoms with Crippen molar-refractivity contribution < 1.29 is 14.0 Å². The molecule has 23 heavy (non-hydrogen) atoms. The molecule has 0 amide bonds. The third kappa shape index (κ3) is 11.5. The Labute approximate surface area is 142 Å². The molecule has 4 heteroatoms. The molecule has 1 aromatic carbocycles. The smallest absolute Gasteiger partial charge is 0.324 e. The van der Waals surface area contributed by atoms with Crippen LogP contribution >= 0.6 is 7.60 Å². The molecule has 0 aliphatic carbocycles. The van der Waals surface area contributed by atoms with E-state index in [1.54, 1.807) is 0 Å². The molecule has 0 aliphatic heterocycles. The molecule has 0 bridgehead atoms. The van der Waals surface area contributed by atoms with Crippen molar-refractivity contribution in [2.75, 3.05) is 6.61 Å². The first kappa shape index (κ1) is 20.4. The van der Waals surface area contributed by atoms with E-state index in [2.05, 4.69) is 6.92 Å². The largest absolute Gasteiger partial charge is 0.332 e. The zero-order valence-corrected chi connectivity index (χ0v) is 15.5. The summed E-state index contributed by atoms with van der Waals surface area (Å²) in [5.74, 6) is 0. The van der Waals surface area contributed by atoms with Crippen LogP contribution in [0.4, 0.5) is 0 Å². The molecule has 0 saturated heterocycles. The third-order valence-corrected chi connectivity index (χ3v) is 5.37. The first-order valence-electron chi connectivity index (χ1n) is 9.14. The third-order valence-electron chi connectivity index (χ3n) is 4.02. The minimum absolute atomic E-state index is 0.103. The van der Waals surface area contributed by atoms with Gasteiger partial charge in [0.05, 0.1) is 12.8 Å². The van der Waals surface area contributed by atoms with Crippen molar-refractivity contribution >= 4 is 7.60 Å². The van der Waals surface area contributed by atoms with Crippen molar-refractivity contribution in [2.24, 2.45) is 0 Å². The Morgan fingerprint density at radius 1 is 0.870 bits per heavy atom. The van der Waals surface area contributed by atoms with Crippen molar-refractivity contribution in [2.45, 2.75) is 77.3 Å². The van der Waals surface area contributed by atoms with Gasteiger partial charge in [0, 0.05) is 0 Å². The van der Waals surface area contributed by atoms with E-state index in [4.69, 9.17) is 4.52 Å². The second kappa shape index (κ2) is 12.8. The van der Waals surface area contributed by atoms with Crippen LogP contribution in [0.25, 0.3) is 0 Å². The average molecular weight is 340 g/mol. The van der Waals surface area contributed by atoms with Gasteiger partial charge in [0.2, 0.25) is 0 Å². The quantitative estimate of drug-likeness (QED) is 0.319. The molecule has 1 atom stereocenters. The summed E-state index contributed by atoms with van der Waals surface area (Å²) in [6, 6.07) is 9.35. The van der Waals surface area contributed by atoms with Gasteiger partial charge in [-0.1, -0.05) is 95.0 Å².